The predicted molar refractivity (Wildman–Crippen MR) is 74.6 cm³/mol. The monoisotopic (exact) mass is 261 g/mol. The fourth-order valence-electron chi connectivity index (χ4n) is 2.36. The number of aromatic nitrogens is 3. The Balaban J connectivity index is 1.82. The third-order valence-corrected chi connectivity index (χ3v) is 3.50. The van der Waals surface area contributed by atoms with Gasteiger partial charge in [0.25, 0.3) is 0 Å². The van der Waals surface area contributed by atoms with Crippen molar-refractivity contribution in [1.82, 2.24) is 14.4 Å². The average Bonchev–Trinajstić information content (AvgIpc) is 2.81. The lowest BCUT2D eigenvalue weighted by molar-refractivity contribution is 0.0328. The van der Waals surface area contributed by atoms with Gasteiger partial charge in [0.05, 0.1) is 12.3 Å². The summed E-state index contributed by atoms with van der Waals surface area (Å²) in [6.45, 7) is 2.91. The Morgan fingerprint density at radius 2 is 2.32 bits per heavy atom. The molecule has 0 aromatic carbocycles. The molecule has 0 saturated heterocycles. The van der Waals surface area contributed by atoms with Crippen molar-refractivity contribution in [3.63, 3.8) is 0 Å². The molecule has 2 aromatic heterocycles. The van der Waals surface area contributed by atoms with E-state index in [-0.39, 0.29) is 0 Å². The number of nitrogens with zero attached hydrogens (tertiary/aromatic N) is 3. The highest BCUT2D eigenvalue weighted by molar-refractivity contribution is 5.65. The number of anilines is 2. The zero-order valence-electron chi connectivity index (χ0n) is 11.3. The number of ether oxygens (including phenoxy) is 1. The molecule has 6 heteroatoms. The summed E-state index contributed by atoms with van der Waals surface area (Å²) in [7, 11) is 1.76. The molecule has 0 atom stereocenters. The maximum atomic E-state index is 5.30. The quantitative estimate of drug-likeness (QED) is 0.858. The lowest BCUT2D eigenvalue weighted by atomic mass is 9.89. The molecule has 1 aliphatic rings. The van der Waals surface area contributed by atoms with Gasteiger partial charge in [0.15, 0.2) is 11.5 Å². The number of methoxy groups -OCH3 is 1. The maximum absolute atomic E-state index is 5.30. The zero-order valence-corrected chi connectivity index (χ0v) is 11.3. The van der Waals surface area contributed by atoms with E-state index < -0.39 is 0 Å². The summed E-state index contributed by atoms with van der Waals surface area (Å²) < 4.78 is 7.28. The largest absolute Gasteiger partial charge is 0.381 e. The van der Waals surface area contributed by atoms with Crippen molar-refractivity contribution >= 4 is 17.3 Å². The summed E-state index contributed by atoms with van der Waals surface area (Å²) in [6.07, 6.45) is 8.10. The van der Waals surface area contributed by atoms with Gasteiger partial charge < -0.3 is 19.8 Å². The van der Waals surface area contributed by atoms with Gasteiger partial charge in [0, 0.05) is 32.1 Å². The predicted octanol–water partition coefficient (Wildman–Crippen LogP) is 1.75. The summed E-state index contributed by atoms with van der Waals surface area (Å²) in [5.74, 6) is 1.70. The van der Waals surface area contributed by atoms with Crippen molar-refractivity contribution in [2.24, 2.45) is 0 Å². The van der Waals surface area contributed by atoms with Gasteiger partial charge in [-0.05, 0) is 19.8 Å². The summed E-state index contributed by atoms with van der Waals surface area (Å²) >= 11 is 0. The molecule has 1 saturated carbocycles. The average molecular weight is 261 g/mol. The van der Waals surface area contributed by atoms with Crippen LogP contribution >= 0.6 is 0 Å². The van der Waals surface area contributed by atoms with Crippen LogP contribution < -0.4 is 10.6 Å². The molecular formula is C13H19N5O. The van der Waals surface area contributed by atoms with Crippen LogP contribution in [-0.2, 0) is 4.74 Å². The van der Waals surface area contributed by atoms with E-state index in [1.165, 1.54) is 0 Å². The highest BCUT2D eigenvalue weighted by atomic mass is 16.5. The first kappa shape index (κ1) is 12.2. The van der Waals surface area contributed by atoms with Crippen LogP contribution in [0.5, 0.6) is 0 Å². The Morgan fingerprint density at radius 1 is 1.47 bits per heavy atom. The van der Waals surface area contributed by atoms with Crippen LogP contribution in [0.4, 0.5) is 11.6 Å². The molecule has 2 aromatic rings. The van der Waals surface area contributed by atoms with E-state index in [1.54, 1.807) is 13.3 Å². The number of fused-ring (bicyclic) bond motifs is 1. The zero-order chi connectivity index (χ0) is 13.2. The van der Waals surface area contributed by atoms with Gasteiger partial charge in [0.2, 0.25) is 0 Å². The third kappa shape index (κ3) is 2.35. The van der Waals surface area contributed by atoms with Crippen LogP contribution in [0.15, 0.2) is 18.6 Å². The summed E-state index contributed by atoms with van der Waals surface area (Å²) in [5, 5.41) is 6.69. The number of rotatable bonds is 5. The molecule has 0 bridgehead atoms. The van der Waals surface area contributed by atoms with Crippen molar-refractivity contribution in [3.8, 4) is 0 Å². The normalized spacial score (nSPS) is 22.2. The van der Waals surface area contributed by atoms with Crippen LogP contribution in [-0.4, -0.2) is 40.2 Å². The maximum Gasteiger partial charge on any atom is 0.180 e. The van der Waals surface area contributed by atoms with E-state index in [4.69, 9.17) is 4.74 Å². The highest BCUT2D eigenvalue weighted by Crippen LogP contribution is 2.27. The Morgan fingerprint density at radius 3 is 3.05 bits per heavy atom. The number of hydrogen-bond acceptors (Lipinski definition) is 5. The van der Waals surface area contributed by atoms with E-state index in [9.17, 15) is 0 Å². The van der Waals surface area contributed by atoms with Crippen molar-refractivity contribution in [2.45, 2.75) is 31.9 Å². The summed E-state index contributed by atoms with van der Waals surface area (Å²) in [6, 6.07) is 0.426. The van der Waals surface area contributed by atoms with E-state index >= 15 is 0 Å². The molecule has 102 valence electrons. The topological polar surface area (TPSA) is 63.5 Å². The Labute approximate surface area is 112 Å². The molecule has 3 rings (SSSR count). The second-order valence-corrected chi connectivity index (χ2v) is 4.83. The van der Waals surface area contributed by atoms with Crippen LogP contribution in [0, 0.1) is 0 Å². The second-order valence-electron chi connectivity index (χ2n) is 4.83. The van der Waals surface area contributed by atoms with Crippen molar-refractivity contribution < 1.29 is 4.74 Å². The smallest absolute Gasteiger partial charge is 0.180 e. The highest BCUT2D eigenvalue weighted by Gasteiger charge is 2.29. The Kier molecular flexibility index (Phi) is 3.25. The van der Waals surface area contributed by atoms with Gasteiger partial charge in [-0.3, -0.25) is 0 Å². The first-order valence-corrected chi connectivity index (χ1v) is 6.67. The SMILES string of the molecule is CCNc1cn2ccnc2c(NC2CC(OC)C2)n1. The van der Waals surface area contributed by atoms with E-state index in [1.807, 2.05) is 16.8 Å². The molecule has 0 unspecified atom stereocenters. The van der Waals surface area contributed by atoms with Crippen molar-refractivity contribution in [1.29, 1.82) is 0 Å². The minimum Gasteiger partial charge on any atom is -0.381 e. The summed E-state index contributed by atoms with van der Waals surface area (Å²) in [4.78, 5) is 8.94. The van der Waals surface area contributed by atoms with Crippen LogP contribution in [0.2, 0.25) is 0 Å². The van der Waals surface area contributed by atoms with Gasteiger partial charge in [0.1, 0.15) is 5.82 Å². The minimum absolute atomic E-state index is 0.380. The van der Waals surface area contributed by atoms with Crippen LogP contribution in [0.1, 0.15) is 19.8 Å². The Hall–Kier alpha value is -1.82. The fourth-order valence-corrected chi connectivity index (χ4v) is 2.36. The molecule has 0 spiro atoms. The lowest BCUT2D eigenvalue weighted by Crippen LogP contribution is -2.40. The minimum atomic E-state index is 0.380. The van der Waals surface area contributed by atoms with E-state index in [2.05, 4.69) is 27.5 Å². The number of imidazole rings is 1. The Bertz CT molecular complexity index is 561. The first-order valence-electron chi connectivity index (χ1n) is 6.67. The van der Waals surface area contributed by atoms with Crippen molar-refractivity contribution in [2.75, 3.05) is 24.3 Å². The summed E-state index contributed by atoms with van der Waals surface area (Å²) in [5.41, 5.74) is 0.863. The molecule has 19 heavy (non-hydrogen) atoms. The van der Waals surface area contributed by atoms with Gasteiger partial charge >= 0.3 is 0 Å². The van der Waals surface area contributed by atoms with E-state index in [0.717, 1.165) is 36.7 Å². The molecule has 6 nitrogen and oxygen atoms in total. The van der Waals surface area contributed by atoms with Crippen LogP contribution in [0.25, 0.3) is 5.65 Å². The molecule has 2 heterocycles. The third-order valence-electron chi connectivity index (χ3n) is 3.50. The molecule has 1 fully saturated rings. The van der Waals surface area contributed by atoms with Gasteiger partial charge in [-0.15, -0.1) is 0 Å². The molecule has 0 aliphatic heterocycles. The standard InChI is InChI=1S/C13H19N5O/c1-3-14-11-8-18-5-4-15-13(18)12(17-11)16-9-6-10(7-9)19-2/h4-5,8-10,14H,3,6-7H2,1-2H3,(H,16,17). The number of hydrogen-bond donors (Lipinski definition) is 2. The van der Waals surface area contributed by atoms with E-state index in [0.29, 0.717) is 12.1 Å². The van der Waals surface area contributed by atoms with Crippen LogP contribution in [0.3, 0.4) is 0 Å². The molecule has 0 amide bonds. The molecular weight excluding hydrogens is 242 g/mol. The number of nitrogens with one attached hydrogen (secondary N) is 2. The molecule has 2 N–H and O–H groups in total. The van der Waals surface area contributed by atoms with Gasteiger partial charge in [-0.2, -0.15) is 0 Å². The lowest BCUT2D eigenvalue weighted by Gasteiger charge is -2.34. The first-order chi connectivity index (χ1) is 9.30. The molecule has 1 aliphatic carbocycles. The van der Waals surface area contributed by atoms with Crippen molar-refractivity contribution in [3.05, 3.63) is 18.6 Å². The molecule has 0 radical (unpaired) electrons. The fraction of sp³-hybridized carbons (Fsp3) is 0.538. The van der Waals surface area contributed by atoms with Gasteiger partial charge in [-0.25, -0.2) is 9.97 Å². The van der Waals surface area contributed by atoms with Gasteiger partial charge in [-0.1, -0.05) is 0 Å². The second kappa shape index (κ2) is 5.05.